The van der Waals surface area contributed by atoms with Gasteiger partial charge in [0.15, 0.2) is 0 Å². The molecule has 0 radical (unpaired) electrons. The fraction of sp³-hybridized carbons (Fsp3) is 0.583. The molecule has 16 heavy (non-hydrogen) atoms. The Morgan fingerprint density at radius 3 is 2.94 bits per heavy atom. The topological polar surface area (TPSA) is 24.9 Å². The Kier molecular flexibility index (Phi) is 7.89. The third-order valence-corrected chi connectivity index (χ3v) is 3.42. The van der Waals surface area contributed by atoms with Gasteiger partial charge in [-0.15, -0.1) is 0 Å². The van der Waals surface area contributed by atoms with Gasteiger partial charge in [0.2, 0.25) is 0 Å². The van der Waals surface area contributed by atoms with Crippen LogP contribution in [0.1, 0.15) is 25.0 Å². The number of thioether (sulfide) groups is 1. The van der Waals surface area contributed by atoms with Crippen molar-refractivity contribution in [3.05, 3.63) is 28.5 Å². The molecule has 0 aromatic carbocycles. The molecule has 0 saturated heterocycles. The predicted octanol–water partition coefficient (Wildman–Crippen LogP) is 3.47. The second kappa shape index (κ2) is 9.02. The Bertz CT molecular complexity index is 294. The Hall–Kier alpha value is -0.0600. The molecule has 0 unspecified atom stereocenters. The van der Waals surface area contributed by atoms with E-state index in [1.54, 1.807) is 0 Å². The quantitative estimate of drug-likeness (QED) is 0.588. The highest BCUT2D eigenvalue weighted by Crippen LogP contribution is 2.06. The molecular formula is C12H19BrN2S. The van der Waals surface area contributed by atoms with Gasteiger partial charge in [0.1, 0.15) is 4.60 Å². The van der Waals surface area contributed by atoms with Gasteiger partial charge in [-0.1, -0.05) is 12.5 Å². The summed E-state index contributed by atoms with van der Waals surface area (Å²) in [6.07, 6.45) is 6.07. The van der Waals surface area contributed by atoms with Crippen LogP contribution in [0.4, 0.5) is 0 Å². The number of nitrogens with zero attached hydrogens (tertiary/aromatic N) is 1. The van der Waals surface area contributed by atoms with E-state index in [1.165, 1.54) is 25.0 Å². The summed E-state index contributed by atoms with van der Waals surface area (Å²) in [6.45, 7) is 1.95. The Balaban J connectivity index is 2.03. The predicted molar refractivity (Wildman–Crippen MR) is 75.9 cm³/mol. The molecule has 1 N–H and O–H groups in total. The molecule has 1 aromatic rings. The van der Waals surface area contributed by atoms with Crippen molar-refractivity contribution in [3.8, 4) is 0 Å². The first kappa shape index (κ1) is 14.0. The zero-order valence-corrected chi connectivity index (χ0v) is 12.1. The van der Waals surface area contributed by atoms with Crippen molar-refractivity contribution in [1.82, 2.24) is 10.3 Å². The van der Waals surface area contributed by atoms with Crippen molar-refractivity contribution in [1.29, 1.82) is 0 Å². The van der Waals surface area contributed by atoms with E-state index in [0.29, 0.717) is 0 Å². The number of rotatable bonds is 8. The summed E-state index contributed by atoms with van der Waals surface area (Å²) in [5.41, 5.74) is 1.10. The number of hydrogen-bond acceptors (Lipinski definition) is 3. The lowest BCUT2D eigenvalue weighted by Gasteiger charge is -2.04. The molecule has 1 aromatic heterocycles. The smallest absolute Gasteiger partial charge is 0.106 e. The molecule has 0 amide bonds. The van der Waals surface area contributed by atoms with Gasteiger partial charge in [0.05, 0.1) is 5.69 Å². The van der Waals surface area contributed by atoms with Gasteiger partial charge in [0, 0.05) is 6.54 Å². The van der Waals surface area contributed by atoms with Crippen LogP contribution in [0.3, 0.4) is 0 Å². The van der Waals surface area contributed by atoms with Gasteiger partial charge in [0.25, 0.3) is 0 Å². The number of halogens is 1. The fourth-order valence-corrected chi connectivity index (χ4v) is 2.31. The van der Waals surface area contributed by atoms with Crippen LogP contribution in [0.15, 0.2) is 22.8 Å². The van der Waals surface area contributed by atoms with Gasteiger partial charge in [-0.3, -0.25) is 0 Å². The minimum absolute atomic E-state index is 0.863. The molecule has 1 heterocycles. The average Bonchev–Trinajstić information content (AvgIpc) is 2.28. The van der Waals surface area contributed by atoms with E-state index in [9.17, 15) is 0 Å². The van der Waals surface area contributed by atoms with E-state index in [4.69, 9.17) is 0 Å². The fourth-order valence-electron chi connectivity index (χ4n) is 1.44. The van der Waals surface area contributed by atoms with Crippen LogP contribution >= 0.6 is 27.7 Å². The summed E-state index contributed by atoms with van der Waals surface area (Å²) in [6, 6.07) is 6.02. The summed E-state index contributed by atoms with van der Waals surface area (Å²) in [5, 5.41) is 3.42. The van der Waals surface area contributed by atoms with Gasteiger partial charge in [-0.2, -0.15) is 11.8 Å². The molecule has 0 fully saturated rings. The van der Waals surface area contributed by atoms with Crippen molar-refractivity contribution in [2.24, 2.45) is 0 Å². The third kappa shape index (κ3) is 6.51. The van der Waals surface area contributed by atoms with Crippen LogP contribution in [-0.4, -0.2) is 23.5 Å². The number of aromatic nitrogens is 1. The van der Waals surface area contributed by atoms with Crippen LogP contribution in [0.2, 0.25) is 0 Å². The van der Waals surface area contributed by atoms with Crippen LogP contribution in [0.25, 0.3) is 0 Å². The number of nitrogens with one attached hydrogen (secondary N) is 1. The molecule has 2 nitrogen and oxygen atoms in total. The van der Waals surface area contributed by atoms with Gasteiger partial charge >= 0.3 is 0 Å². The normalized spacial score (nSPS) is 10.6. The molecule has 0 bridgehead atoms. The standard InChI is InChI=1S/C12H19BrN2S/c1-16-9-4-2-3-8-14-10-11-6-5-7-12(13)15-11/h5-7,14H,2-4,8-10H2,1H3. The minimum atomic E-state index is 0.863. The third-order valence-electron chi connectivity index (χ3n) is 2.28. The van der Waals surface area contributed by atoms with E-state index in [1.807, 2.05) is 30.0 Å². The summed E-state index contributed by atoms with van der Waals surface area (Å²) in [4.78, 5) is 4.37. The zero-order chi connectivity index (χ0) is 11.6. The molecule has 0 aliphatic rings. The van der Waals surface area contributed by atoms with Crippen LogP contribution in [-0.2, 0) is 6.54 Å². The summed E-state index contributed by atoms with van der Waals surface area (Å²) < 4.78 is 0.909. The molecule has 1 rings (SSSR count). The largest absolute Gasteiger partial charge is 0.311 e. The second-order valence-electron chi connectivity index (χ2n) is 3.68. The summed E-state index contributed by atoms with van der Waals surface area (Å²) in [5.74, 6) is 1.28. The molecule has 4 heteroatoms. The van der Waals surface area contributed by atoms with Crippen molar-refractivity contribution >= 4 is 27.7 Å². The highest BCUT2D eigenvalue weighted by Gasteiger charge is 1.95. The maximum Gasteiger partial charge on any atom is 0.106 e. The maximum atomic E-state index is 4.37. The van der Waals surface area contributed by atoms with Crippen molar-refractivity contribution in [3.63, 3.8) is 0 Å². The lowest BCUT2D eigenvalue weighted by Crippen LogP contribution is -2.15. The van der Waals surface area contributed by atoms with E-state index >= 15 is 0 Å². The van der Waals surface area contributed by atoms with Crippen LogP contribution in [0, 0.1) is 0 Å². The maximum absolute atomic E-state index is 4.37. The second-order valence-corrected chi connectivity index (χ2v) is 5.48. The number of hydrogen-bond donors (Lipinski definition) is 1. The molecule has 90 valence electrons. The Labute approximate surface area is 111 Å². The van der Waals surface area contributed by atoms with E-state index < -0.39 is 0 Å². The molecule has 0 saturated carbocycles. The average molecular weight is 303 g/mol. The van der Waals surface area contributed by atoms with Crippen LogP contribution in [0.5, 0.6) is 0 Å². The Morgan fingerprint density at radius 2 is 2.19 bits per heavy atom. The monoisotopic (exact) mass is 302 g/mol. The summed E-state index contributed by atoms with van der Waals surface area (Å²) in [7, 11) is 0. The first-order chi connectivity index (χ1) is 7.83. The van der Waals surface area contributed by atoms with E-state index in [-0.39, 0.29) is 0 Å². The van der Waals surface area contributed by atoms with Crippen molar-refractivity contribution in [2.45, 2.75) is 25.8 Å². The molecular weight excluding hydrogens is 284 g/mol. The Morgan fingerprint density at radius 1 is 1.31 bits per heavy atom. The minimum Gasteiger partial charge on any atom is -0.311 e. The molecule has 0 spiro atoms. The zero-order valence-electron chi connectivity index (χ0n) is 9.71. The number of pyridine rings is 1. The van der Waals surface area contributed by atoms with E-state index in [2.05, 4.69) is 32.5 Å². The lowest BCUT2D eigenvalue weighted by atomic mass is 10.2. The first-order valence-corrected chi connectivity index (χ1v) is 7.82. The van der Waals surface area contributed by atoms with Crippen LogP contribution < -0.4 is 5.32 Å². The van der Waals surface area contributed by atoms with Crippen molar-refractivity contribution in [2.75, 3.05) is 18.6 Å². The molecule has 0 aliphatic carbocycles. The highest BCUT2D eigenvalue weighted by atomic mass is 79.9. The summed E-state index contributed by atoms with van der Waals surface area (Å²) >= 11 is 5.30. The van der Waals surface area contributed by atoms with Crippen molar-refractivity contribution < 1.29 is 0 Å². The SMILES string of the molecule is CSCCCCCNCc1cccc(Br)n1. The van der Waals surface area contributed by atoms with Gasteiger partial charge in [-0.05, 0) is 59.5 Å². The van der Waals surface area contributed by atoms with Gasteiger partial charge < -0.3 is 5.32 Å². The first-order valence-electron chi connectivity index (χ1n) is 5.64. The molecule has 0 aliphatic heterocycles. The van der Waals surface area contributed by atoms with Gasteiger partial charge in [-0.25, -0.2) is 4.98 Å². The highest BCUT2D eigenvalue weighted by molar-refractivity contribution is 9.10. The number of unbranched alkanes of at least 4 members (excludes halogenated alkanes) is 2. The lowest BCUT2D eigenvalue weighted by molar-refractivity contribution is 0.612. The van der Waals surface area contributed by atoms with E-state index in [0.717, 1.165) is 23.4 Å². The molecule has 0 atom stereocenters.